The standard InChI is InChI=1S/C24H37N5O4/c1-3-5-6-7-8-20-24(25-14-11-22(31)26-19(4-2)13-16-30)29-15-12-18(17-21(29)27-20)9-10-23(32)28-33/h9-10,12,15,17,19,25,30,33H,3-8,11,13-14,16H2,1-2H3,(H,26,31)(H,28,32)/b10-9+. The van der Waals surface area contributed by atoms with Crippen LogP contribution in [0.25, 0.3) is 11.7 Å². The second-order valence-corrected chi connectivity index (χ2v) is 8.08. The number of hydrogen-bond donors (Lipinski definition) is 5. The number of anilines is 1. The Bertz CT molecular complexity index is 925. The Morgan fingerprint density at radius 3 is 2.76 bits per heavy atom. The zero-order valence-electron chi connectivity index (χ0n) is 19.6. The van der Waals surface area contributed by atoms with Crippen LogP contribution >= 0.6 is 0 Å². The fourth-order valence-electron chi connectivity index (χ4n) is 3.63. The molecule has 182 valence electrons. The van der Waals surface area contributed by atoms with Crippen LogP contribution in [0.2, 0.25) is 0 Å². The molecule has 9 nitrogen and oxygen atoms in total. The van der Waals surface area contributed by atoms with Crippen molar-refractivity contribution in [1.82, 2.24) is 20.2 Å². The molecule has 2 heterocycles. The smallest absolute Gasteiger partial charge is 0.267 e. The molecule has 0 saturated carbocycles. The first-order valence-electron chi connectivity index (χ1n) is 11.8. The molecule has 2 aromatic rings. The number of unbranched alkanes of at least 4 members (excludes halogenated alkanes) is 3. The van der Waals surface area contributed by atoms with Crippen molar-refractivity contribution in [3.63, 3.8) is 0 Å². The van der Waals surface area contributed by atoms with E-state index in [1.54, 1.807) is 11.6 Å². The number of carbonyl (C=O) groups excluding carboxylic acids is 2. The second kappa shape index (κ2) is 14.3. The monoisotopic (exact) mass is 459 g/mol. The molecular formula is C24H37N5O4. The van der Waals surface area contributed by atoms with E-state index in [2.05, 4.69) is 17.6 Å². The number of pyridine rings is 1. The van der Waals surface area contributed by atoms with Crippen LogP contribution in [0, 0.1) is 0 Å². The molecule has 0 saturated heterocycles. The normalized spacial score (nSPS) is 12.2. The van der Waals surface area contributed by atoms with Gasteiger partial charge in [0.2, 0.25) is 5.91 Å². The summed E-state index contributed by atoms with van der Waals surface area (Å²) in [5, 5.41) is 24.1. The number of aliphatic hydroxyl groups excluding tert-OH is 1. The van der Waals surface area contributed by atoms with Crippen molar-refractivity contribution in [2.24, 2.45) is 0 Å². The molecule has 1 atom stereocenters. The molecular weight excluding hydrogens is 422 g/mol. The van der Waals surface area contributed by atoms with Crippen LogP contribution in [0.5, 0.6) is 0 Å². The van der Waals surface area contributed by atoms with E-state index in [1.807, 2.05) is 29.7 Å². The highest BCUT2D eigenvalue weighted by Gasteiger charge is 2.14. The highest BCUT2D eigenvalue weighted by Crippen LogP contribution is 2.22. The van der Waals surface area contributed by atoms with E-state index < -0.39 is 5.91 Å². The predicted molar refractivity (Wildman–Crippen MR) is 129 cm³/mol. The summed E-state index contributed by atoms with van der Waals surface area (Å²) in [6.45, 7) is 4.69. The average Bonchev–Trinajstić information content (AvgIpc) is 3.16. The molecule has 0 bridgehead atoms. The first kappa shape index (κ1) is 26.3. The summed E-state index contributed by atoms with van der Waals surface area (Å²) in [5.74, 6) is 0.232. The van der Waals surface area contributed by atoms with Gasteiger partial charge in [0.05, 0.1) is 5.69 Å². The van der Waals surface area contributed by atoms with E-state index in [-0.39, 0.29) is 18.6 Å². The zero-order valence-corrected chi connectivity index (χ0v) is 19.6. The number of rotatable bonds is 15. The first-order valence-corrected chi connectivity index (χ1v) is 11.8. The Hall–Kier alpha value is -2.91. The van der Waals surface area contributed by atoms with Gasteiger partial charge in [-0.25, -0.2) is 10.5 Å². The SMILES string of the molecule is CCCCCCc1nc2cc(/C=C/C(=O)NO)ccn2c1NCCC(=O)NC(CC)CCO. The largest absolute Gasteiger partial charge is 0.396 e. The van der Waals surface area contributed by atoms with Gasteiger partial charge in [0, 0.05) is 37.9 Å². The van der Waals surface area contributed by atoms with E-state index in [0.29, 0.717) is 19.4 Å². The number of aryl methyl sites for hydroxylation is 1. The Kier molecular flexibility index (Phi) is 11.4. The molecule has 1 unspecified atom stereocenters. The summed E-state index contributed by atoms with van der Waals surface area (Å²) in [5.41, 5.74) is 4.05. The lowest BCUT2D eigenvalue weighted by Crippen LogP contribution is -2.35. The van der Waals surface area contributed by atoms with E-state index in [9.17, 15) is 9.59 Å². The van der Waals surface area contributed by atoms with Crippen molar-refractivity contribution in [2.45, 2.75) is 71.3 Å². The molecule has 0 spiro atoms. The van der Waals surface area contributed by atoms with Crippen molar-refractivity contribution in [3.8, 4) is 0 Å². The van der Waals surface area contributed by atoms with Gasteiger partial charge in [0.1, 0.15) is 11.5 Å². The maximum atomic E-state index is 12.3. The zero-order chi connectivity index (χ0) is 24.1. The van der Waals surface area contributed by atoms with Gasteiger partial charge in [-0.3, -0.25) is 19.2 Å². The third-order valence-corrected chi connectivity index (χ3v) is 5.51. The van der Waals surface area contributed by atoms with Gasteiger partial charge in [-0.2, -0.15) is 0 Å². The van der Waals surface area contributed by atoms with Gasteiger partial charge >= 0.3 is 0 Å². The van der Waals surface area contributed by atoms with Crippen LogP contribution in [-0.2, 0) is 16.0 Å². The molecule has 5 N–H and O–H groups in total. The second-order valence-electron chi connectivity index (χ2n) is 8.08. The minimum atomic E-state index is -0.597. The molecule has 2 aromatic heterocycles. The molecule has 9 heteroatoms. The average molecular weight is 460 g/mol. The van der Waals surface area contributed by atoms with Crippen molar-refractivity contribution in [3.05, 3.63) is 35.7 Å². The van der Waals surface area contributed by atoms with Crippen molar-refractivity contribution >= 4 is 29.4 Å². The lowest BCUT2D eigenvalue weighted by atomic mass is 10.1. The lowest BCUT2D eigenvalue weighted by Gasteiger charge is -2.16. The Balaban J connectivity index is 2.12. The number of amides is 2. The number of aliphatic hydroxyl groups is 1. The summed E-state index contributed by atoms with van der Waals surface area (Å²) in [6, 6.07) is 3.72. The van der Waals surface area contributed by atoms with Gasteiger partial charge in [0.25, 0.3) is 5.91 Å². The van der Waals surface area contributed by atoms with E-state index in [0.717, 1.165) is 54.8 Å². The Labute approximate surface area is 195 Å². The molecule has 2 amide bonds. The fourth-order valence-corrected chi connectivity index (χ4v) is 3.63. The van der Waals surface area contributed by atoms with Crippen molar-refractivity contribution < 1.29 is 19.9 Å². The van der Waals surface area contributed by atoms with E-state index >= 15 is 0 Å². The summed E-state index contributed by atoms with van der Waals surface area (Å²) < 4.78 is 1.96. The van der Waals surface area contributed by atoms with Crippen LogP contribution < -0.4 is 16.1 Å². The van der Waals surface area contributed by atoms with Gasteiger partial charge < -0.3 is 15.7 Å². The number of hydroxylamine groups is 1. The van der Waals surface area contributed by atoms with Crippen LogP contribution in [-0.4, -0.2) is 50.7 Å². The number of imidazole rings is 1. The minimum absolute atomic E-state index is 0.00758. The molecule has 0 aliphatic rings. The highest BCUT2D eigenvalue weighted by molar-refractivity contribution is 5.91. The highest BCUT2D eigenvalue weighted by atomic mass is 16.5. The van der Waals surface area contributed by atoms with Crippen LogP contribution in [0.15, 0.2) is 24.4 Å². The maximum Gasteiger partial charge on any atom is 0.267 e. The third-order valence-electron chi connectivity index (χ3n) is 5.51. The number of fused-ring (bicyclic) bond motifs is 1. The van der Waals surface area contributed by atoms with Gasteiger partial charge in [-0.1, -0.05) is 33.1 Å². The number of nitrogens with one attached hydrogen (secondary N) is 3. The summed E-state index contributed by atoms with van der Waals surface area (Å²) in [6.07, 6.45) is 11.8. The molecule has 0 aromatic carbocycles. The topological polar surface area (TPSA) is 128 Å². The first-order chi connectivity index (χ1) is 16.0. The molecule has 0 aliphatic heterocycles. The van der Waals surface area contributed by atoms with Gasteiger partial charge in [-0.15, -0.1) is 0 Å². The van der Waals surface area contributed by atoms with Crippen LogP contribution in [0.3, 0.4) is 0 Å². The number of hydrogen-bond acceptors (Lipinski definition) is 6. The predicted octanol–water partition coefficient (Wildman–Crippen LogP) is 3.05. The maximum absolute atomic E-state index is 12.3. The molecule has 0 fully saturated rings. The number of aromatic nitrogens is 2. The fraction of sp³-hybridized carbons (Fsp3) is 0.542. The van der Waals surface area contributed by atoms with E-state index in [4.69, 9.17) is 15.3 Å². The summed E-state index contributed by atoms with van der Waals surface area (Å²) in [7, 11) is 0. The summed E-state index contributed by atoms with van der Waals surface area (Å²) in [4.78, 5) is 28.3. The van der Waals surface area contributed by atoms with E-state index in [1.165, 1.54) is 12.5 Å². The molecule has 33 heavy (non-hydrogen) atoms. The Morgan fingerprint density at radius 1 is 1.24 bits per heavy atom. The van der Waals surface area contributed by atoms with Gasteiger partial charge in [0.15, 0.2) is 0 Å². The van der Waals surface area contributed by atoms with Crippen LogP contribution in [0.1, 0.15) is 70.1 Å². The Morgan fingerprint density at radius 2 is 2.06 bits per heavy atom. The lowest BCUT2D eigenvalue weighted by molar-refractivity contribution is -0.124. The quantitative estimate of drug-likeness (QED) is 0.121. The molecule has 2 rings (SSSR count). The third kappa shape index (κ3) is 8.51. The minimum Gasteiger partial charge on any atom is -0.396 e. The summed E-state index contributed by atoms with van der Waals surface area (Å²) >= 11 is 0. The van der Waals surface area contributed by atoms with Crippen molar-refractivity contribution in [2.75, 3.05) is 18.5 Å². The number of nitrogens with zero attached hydrogens (tertiary/aromatic N) is 2. The van der Waals surface area contributed by atoms with Gasteiger partial charge in [-0.05, 0) is 49.5 Å². The van der Waals surface area contributed by atoms with Crippen molar-refractivity contribution in [1.29, 1.82) is 0 Å². The molecule has 0 radical (unpaired) electrons. The number of carbonyl (C=O) groups is 2. The molecule has 0 aliphatic carbocycles. The van der Waals surface area contributed by atoms with Crippen LogP contribution in [0.4, 0.5) is 5.82 Å².